The van der Waals surface area contributed by atoms with Crippen LogP contribution < -0.4 is 15.4 Å². The highest BCUT2D eigenvalue weighted by Crippen LogP contribution is 2.24. The van der Waals surface area contributed by atoms with Gasteiger partial charge in [0.2, 0.25) is 0 Å². The van der Waals surface area contributed by atoms with E-state index in [0.29, 0.717) is 43.0 Å². The summed E-state index contributed by atoms with van der Waals surface area (Å²) in [6, 6.07) is 30.5. The lowest BCUT2D eigenvalue weighted by molar-refractivity contribution is 0.0926. The highest BCUT2D eigenvalue weighted by Gasteiger charge is 2.20. The van der Waals surface area contributed by atoms with E-state index in [1.54, 1.807) is 24.3 Å². The van der Waals surface area contributed by atoms with Crippen LogP contribution in [0.3, 0.4) is 0 Å². The number of hydrogen-bond acceptors (Lipinski definition) is 3. The second-order valence-electron chi connectivity index (χ2n) is 10.5. The molecule has 0 bridgehead atoms. The highest BCUT2D eigenvalue weighted by molar-refractivity contribution is 5.96. The molecule has 0 saturated carbocycles. The van der Waals surface area contributed by atoms with Crippen molar-refractivity contribution in [3.05, 3.63) is 137 Å². The second-order valence-corrected chi connectivity index (χ2v) is 10.5. The number of benzene rings is 4. The van der Waals surface area contributed by atoms with E-state index in [0.717, 1.165) is 28.9 Å². The Morgan fingerprint density at radius 1 is 0.829 bits per heavy atom. The zero-order chi connectivity index (χ0) is 29.0. The quantitative estimate of drug-likeness (QED) is 0.171. The van der Waals surface area contributed by atoms with Crippen LogP contribution in [-0.4, -0.2) is 18.4 Å². The summed E-state index contributed by atoms with van der Waals surface area (Å²) in [6.45, 7) is 5.00. The molecule has 0 aliphatic carbocycles. The molecule has 4 rings (SSSR count). The van der Waals surface area contributed by atoms with E-state index >= 15 is 0 Å². The summed E-state index contributed by atoms with van der Waals surface area (Å²) in [5.74, 6) is 0.461. The van der Waals surface area contributed by atoms with Gasteiger partial charge in [-0.3, -0.25) is 9.59 Å². The van der Waals surface area contributed by atoms with E-state index in [2.05, 4.69) is 24.5 Å². The number of halogens is 1. The van der Waals surface area contributed by atoms with Crippen molar-refractivity contribution in [2.45, 2.75) is 45.8 Å². The maximum Gasteiger partial charge on any atom is 0.252 e. The van der Waals surface area contributed by atoms with Gasteiger partial charge in [-0.15, -0.1) is 0 Å². The minimum atomic E-state index is -0.309. The number of para-hydroxylation sites is 1. The van der Waals surface area contributed by atoms with Gasteiger partial charge in [-0.2, -0.15) is 0 Å². The largest absolute Gasteiger partial charge is 0.489 e. The van der Waals surface area contributed by atoms with Gasteiger partial charge in [-0.1, -0.05) is 74.5 Å². The Kier molecular flexibility index (Phi) is 10.7. The predicted molar refractivity (Wildman–Crippen MR) is 160 cm³/mol. The van der Waals surface area contributed by atoms with E-state index in [1.807, 2.05) is 66.7 Å². The first-order valence-corrected chi connectivity index (χ1v) is 14.1. The zero-order valence-corrected chi connectivity index (χ0v) is 23.6. The molecule has 0 aliphatic rings. The molecule has 6 heteroatoms. The molecule has 212 valence electrons. The molecule has 0 fully saturated rings. The van der Waals surface area contributed by atoms with Gasteiger partial charge in [0.1, 0.15) is 18.2 Å². The molecule has 0 spiro atoms. The van der Waals surface area contributed by atoms with Gasteiger partial charge in [0, 0.05) is 17.7 Å². The van der Waals surface area contributed by atoms with E-state index in [9.17, 15) is 14.0 Å². The third-order valence-electron chi connectivity index (χ3n) is 6.80. The van der Waals surface area contributed by atoms with Crippen LogP contribution in [0.1, 0.15) is 70.1 Å². The number of hydrogen-bond donors (Lipinski definition) is 2. The van der Waals surface area contributed by atoms with E-state index < -0.39 is 0 Å². The Hall–Kier alpha value is -4.45. The number of aryl methyl sites for hydroxylation is 1. The average molecular weight is 553 g/mol. The van der Waals surface area contributed by atoms with Crippen LogP contribution in [0, 0.1) is 11.7 Å². The van der Waals surface area contributed by atoms with Crippen molar-refractivity contribution in [1.29, 1.82) is 0 Å². The van der Waals surface area contributed by atoms with Gasteiger partial charge < -0.3 is 15.4 Å². The molecule has 1 unspecified atom stereocenters. The summed E-state index contributed by atoms with van der Waals surface area (Å²) in [4.78, 5) is 26.2. The number of amides is 2. The summed E-state index contributed by atoms with van der Waals surface area (Å²) in [5.41, 5.74) is 3.82. The molecular weight excluding hydrogens is 515 g/mol. The lowest BCUT2D eigenvalue weighted by Gasteiger charge is -2.22. The number of nitrogens with one attached hydrogen (secondary N) is 2. The van der Waals surface area contributed by atoms with Crippen LogP contribution in [0.15, 0.2) is 103 Å². The van der Waals surface area contributed by atoms with Gasteiger partial charge >= 0.3 is 0 Å². The molecule has 4 aromatic carbocycles. The molecule has 1 atom stereocenters. The normalized spacial score (nSPS) is 11.6. The fraction of sp³-hybridized carbons (Fsp3) is 0.257. The minimum absolute atomic E-state index is 0.118. The predicted octanol–water partition coefficient (Wildman–Crippen LogP) is 7.28. The summed E-state index contributed by atoms with van der Waals surface area (Å²) < 4.78 is 19.5. The summed E-state index contributed by atoms with van der Waals surface area (Å²) in [5, 5.41) is 6.16. The Morgan fingerprint density at radius 3 is 2.20 bits per heavy atom. The van der Waals surface area contributed by atoms with Gasteiger partial charge in [0.05, 0.1) is 6.04 Å². The monoisotopic (exact) mass is 552 g/mol. The molecule has 0 saturated heterocycles. The Labute approximate surface area is 241 Å². The maximum atomic E-state index is 13.8. The first-order valence-electron chi connectivity index (χ1n) is 14.1. The number of carbonyl (C=O) groups excluding carboxylic acids is 2. The lowest BCUT2D eigenvalue weighted by atomic mass is 9.95. The maximum absolute atomic E-state index is 13.8. The summed E-state index contributed by atoms with van der Waals surface area (Å²) >= 11 is 0. The molecule has 2 amide bonds. The second kappa shape index (κ2) is 14.8. The van der Waals surface area contributed by atoms with Crippen LogP contribution in [0.4, 0.5) is 4.39 Å². The van der Waals surface area contributed by atoms with Gasteiger partial charge in [-0.25, -0.2) is 4.39 Å². The van der Waals surface area contributed by atoms with Gasteiger partial charge in [0.25, 0.3) is 11.8 Å². The Morgan fingerprint density at radius 2 is 1.51 bits per heavy atom. The fourth-order valence-corrected chi connectivity index (χ4v) is 4.68. The van der Waals surface area contributed by atoms with Crippen LogP contribution >= 0.6 is 0 Å². The number of carbonyl (C=O) groups is 2. The summed E-state index contributed by atoms with van der Waals surface area (Å²) in [6.07, 6.45) is 2.00. The summed E-state index contributed by atoms with van der Waals surface area (Å²) in [7, 11) is 0. The number of rotatable bonds is 13. The van der Waals surface area contributed by atoms with Crippen molar-refractivity contribution < 1.29 is 18.7 Å². The van der Waals surface area contributed by atoms with Crippen LogP contribution in [0.2, 0.25) is 0 Å². The molecule has 0 radical (unpaired) electrons. The van der Waals surface area contributed by atoms with E-state index in [1.165, 1.54) is 12.1 Å². The molecule has 0 aliphatic heterocycles. The van der Waals surface area contributed by atoms with Crippen molar-refractivity contribution in [2.75, 3.05) is 6.54 Å². The van der Waals surface area contributed by atoms with Gasteiger partial charge in [0.15, 0.2) is 0 Å². The third-order valence-corrected chi connectivity index (χ3v) is 6.80. The van der Waals surface area contributed by atoms with Gasteiger partial charge in [-0.05, 0) is 84.3 Å². The average Bonchev–Trinajstić information content (AvgIpc) is 2.99. The first-order chi connectivity index (χ1) is 19.9. The Bertz CT molecular complexity index is 1410. The highest BCUT2D eigenvalue weighted by atomic mass is 19.1. The van der Waals surface area contributed by atoms with Crippen LogP contribution in [-0.2, 0) is 13.0 Å². The molecule has 2 N–H and O–H groups in total. The fourth-order valence-electron chi connectivity index (χ4n) is 4.68. The van der Waals surface area contributed by atoms with Crippen molar-refractivity contribution in [3.63, 3.8) is 0 Å². The van der Waals surface area contributed by atoms with E-state index in [-0.39, 0.29) is 23.7 Å². The molecule has 41 heavy (non-hydrogen) atoms. The SMILES string of the molecule is CC(C)CC(NC(=O)c1cc(COc2ccccc2)ccc1CCCNC(=O)c1ccccc1)c1ccc(F)cc1. The van der Waals surface area contributed by atoms with Crippen molar-refractivity contribution in [3.8, 4) is 5.75 Å². The van der Waals surface area contributed by atoms with Crippen molar-refractivity contribution in [2.24, 2.45) is 5.92 Å². The molecule has 5 nitrogen and oxygen atoms in total. The number of ether oxygens (including phenoxy) is 1. The standard InChI is InChI=1S/C35H37FN2O3/c1-25(2)22-33(28-17-19-30(36)20-18-28)38-35(40)32-23-26(24-41-31-13-7-4-8-14-31)15-16-27(32)12-9-21-37-34(39)29-10-5-3-6-11-29/h3-8,10-11,13-20,23,25,33H,9,12,21-22,24H2,1-2H3,(H,37,39)(H,38,40). The molecule has 0 aromatic heterocycles. The smallest absolute Gasteiger partial charge is 0.252 e. The molecular formula is C35H37FN2O3. The molecule has 4 aromatic rings. The molecule has 0 heterocycles. The topological polar surface area (TPSA) is 67.4 Å². The zero-order valence-electron chi connectivity index (χ0n) is 23.6. The van der Waals surface area contributed by atoms with E-state index in [4.69, 9.17) is 4.74 Å². The first kappa shape index (κ1) is 29.5. The van der Waals surface area contributed by atoms with Crippen molar-refractivity contribution in [1.82, 2.24) is 10.6 Å². The Balaban J connectivity index is 1.50. The lowest BCUT2D eigenvalue weighted by Crippen LogP contribution is -2.30. The minimum Gasteiger partial charge on any atom is -0.489 e. The van der Waals surface area contributed by atoms with Crippen LogP contribution in [0.25, 0.3) is 0 Å². The van der Waals surface area contributed by atoms with Crippen LogP contribution in [0.5, 0.6) is 5.75 Å². The third kappa shape index (κ3) is 9.04. The van der Waals surface area contributed by atoms with Crippen molar-refractivity contribution >= 4 is 11.8 Å².